The van der Waals surface area contributed by atoms with E-state index in [1.165, 1.54) is 18.2 Å². The number of primary amides is 1. The lowest BCUT2D eigenvalue weighted by molar-refractivity contribution is -0.123. The summed E-state index contributed by atoms with van der Waals surface area (Å²) in [7, 11) is 1.55. The molecule has 5 N–H and O–H groups in total. The predicted molar refractivity (Wildman–Crippen MR) is 139 cm³/mol. The maximum Gasteiger partial charge on any atom is 0.273 e. The summed E-state index contributed by atoms with van der Waals surface area (Å²) in [5.41, 5.74) is 11.7. The van der Waals surface area contributed by atoms with Gasteiger partial charge in [0.2, 0.25) is 0 Å². The largest absolute Gasteiger partial charge is 0.497 e. The van der Waals surface area contributed by atoms with Gasteiger partial charge in [-0.3, -0.25) is 19.3 Å². The van der Waals surface area contributed by atoms with Crippen LogP contribution >= 0.6 is 11.5 Å². The zero-order valence-electron chi connectivity index (χ0n) is 20.4. The molecule has 12 heteroatoms. The fraction of sp³-hybridized carbons (Fsp3) is 0.154. The molecule has 0 aliphatic rings. The number of rotatable bonds is 9. The maximum atomic E-state index is 14.3. The Morgan fingerprint density at radius 3 is 2.47 bits per heavy atom. The number of nitrogens with one attached hydrogen (secondary N) is 1. The average Bonchev–Trinajstić information content (AvgIpc) is 3.50. The molecule has 4 rings (SSSR count). The molecule has 2 aromatic carbocycles. The van der Waals surface area contributed by atoms with Gasteiger partial charge in [-0.1, -0.05) is 18.2 Å². The van der Waals surface area contributed by atoms with E-state index in [0.29, 0.717) is 23.0 Å². The minimum absolute atomic E-state index is 0.0575. The molecule has 2 aromatic heterocycles. The lowest BCUT2D eigenvalue weighted by atomic mass is 10.1. The molecule has 0 saturated carbocycles. The summed E-state index contributed by atoms with van der Waals surface area (Å²) in [6.45, 7) is 1.81. The van der Waals surface area contributed by atoms with Crippen molar-refractivity contribution in [1.29, 1.82) is 0 Å². The molecule has 0 spiro atoms. The Balaban J connectivity index is 1.77. The molecule has 10 nitrogen and oxygen atoms in total. The number of benzene rings is 2. The number of aromatic nitrogens is 1. The van der Waals surface area contributed by atoms with Crippen LogP contribution in [0.15, 0.2) is 65.1 Å². The average molecular weight is 538 g/mol. The van der Waals surface area contributed by atoms with Crippen molar-refractivity contribution in [3.05, 3.63) is 94.1 Å². The van der Waals surface area contributed by atoms with E-state index in [1.54, 1.807) is 50.4 Å². The summed E-state index contributed by atoms with van der Waals surface area (Å²) in [5.74, 6) is -1.67. The molecular formula is C26H24FN5O5S. The second-order valence-corrected chi connectivity index (χ2v) is 8.98. The number of methoxy groups -OCH3 is 1. The fourth-order valence-electron chi connectivity index (χ4n) is 3.75. The van der Waals surface area contributed by atoms with E-state index in [0.717, 1.165) is 16.5 Å². The maximum absolute atomic E-state index is 14.3. The van der Waals surface area contributed by atoms with Crippen molar-refractivity contribution in [2.45, 2.75) is 19.5 Å². The Morgan fingerprint density at radius 2 is 1.89 bits per heavy atom. The lowest BCUT2D eigenvalue weighted by Crippen LogP contribution is -2.43. The molecular weight excluding hydrogens is 513 g/mol. The summed E-state index contributed by atoms with van der Waals surface area (Å²) in [6, 6.07) is 14.1. The summed E-state index contributed by atoms with van der Waals surface area (Å²) >= 11 is 0.648. The van der Waals surface area contributed by atoms with Crippen LogP contribution in [-0.4, -0.2) is 29.2 Å². The molecule has 196 valence electrons. The molecule has 0 fully saturated rings. The van der Waals surface area contributed by atoms with Crippen LogP contribution in [-0.2, 0) is 11.3 Å². The zero-order valence-corrected chi connectivity index (χ0v) is 21.3. The van der Waals surface area contributed by atoms with Crippen molar-refractivity contribution in [1.82, 2.24) is 9.69 Å². The molecule has 0 saturated heterocycles. The van der Waals surface area contributed by atoms with E-state index in [4.69, 9.17) is 20.6 Å². The molecule has 0 bridgehead atoms. The Labute approximate surface area is 221 Å². The first-order valence-corrected chi connectivity index (χ1v) is 12.1. The molecule has 2 heterocycles. The Morgan fingerprint density at radius 1 is 1.16 bits per heavy atom. The van der Waals surface area contributed by atoms with E-state index in [9.17, 15) is 18.8 Å². The quantitative estimate of drug-likeness (QED) is 0.295. The number of anilines is 2. The van der Waals surface area contributed by atoms with Crippen molar-refractivity contribution >= 4 is 40.6 Å². The number of aryl methyl sites for hydroxylation is 1. The van der Waals surface area contributed by atoms with E-state index in [1.807, 2.05) is 0 Å². The van der Waals surface area contributed by atoms with Crippen LogP contribution in [0.1, 0.15) is 43.3 Å². The van der Waals surface area contributed by atoms with Gasteiger partial charge < -0.3 is 25.9 Å². The number of carbonyl (C=O) groups excluding carboxylic acids is 3. The van der Waals surface area contributed by atoms with E-state index >= 15 is 0 Å². The highest BCUT2D eigenvalue weighted by Crippen LogP contribution is 2.34. The molecule has 38 heavy (non-hydrogen) atoms. The minimum atomic E-state index is -1.37. The van der Waals surface area contributed by atoms with Gasteiger partial charge in [0.15, 0.2) is 11.7 Å². The number of amides is 3. The van der Waals surface area contributed by atoms with Gasteiger partial charge in [-0.2, -0.15) is 4.37 Å². The molecule has 3 amide bonds. The number of furan rings is 1. The van der Waals surface area contributed by atoms with Gasteiger partial charge in [0, 0.05) is 12.2 Å². The number of halogens is 1. The van der Waals surface area contributed by atoms with E-state index in [2.05, 4.69) is 9.69 Å². The number of nitrogen functional groups attached to an aromatic ring is 1. The number of nitrogens with two attached hydrogens (primary N) is 2. The topological polar surface area (TPSA) is 154 Å². The smallest absolute Gasteiger partial charge is 0.273 e. The number of hydrogen-bond acceptors (Lipinski definition) is 8. The van der Waals surface area contributed by atoms with Crippen molar-refractivity contribution in [2.75, 3.05) is 17.7 Å². The third-order valence-corrected chi connectivity index (χ3v) is 6.47. The standard InChI is InChI=1S/C26H24FN5O5S/c1-14-6-11-19(37-14)22(25(34)30-13-15-7-9-18(36-2)10-8-15)32(17-5-3-4-16(27)12-17)26(35)23-20(28)21(24(29)33)31-38-23/h3-12,22H,13,28H2,1-2H3,(H2,29,33)(H,30,34)/t22-/m0/s1. The Bertz CT molecular complexity index is 1480. The number of hydrogen-bond donors (Lipinski definition) is 3. The van der Waals surface area contributed by atoms with Crippen molar-refractivity contribution in [3.8, 4) is 5.75 Å². The first-order valence-electron chi connectivity index (χ1n) is 11.3. The molecule has 0 radical (unpaired) electrons. The summed E-state index contributed by atoms with van der Waals surface area (Å²) < 4.78 is 29.1. The van der Waals surface area contributed by atoms with Crippen LogP contribution in [0.5, 0.6) is 5.75 Å². The van der Waals surface area contributed by atoms with Crippen LogP contribution in [0.25, 0.3) is 0 Å². The first-order chi connectivity index (χ1) is 18.2. The van der Waals surface area contributed by atoms with Gasteiger partial charge in [-0.15, -0.1) is 0 Å². The monoisotopic (exact) mass is 537 g/mol. The van der Waals surface area contributed by atoms with Crippen molar-refractivity contribution in [3.63, 3.8) is 0 Å². The van der Waals surface area contributed by atoms with Gasteiger partial charge >= 0.3 is 0 Å². The fourth-order valence-corrected chi connectivity index (χ4v) is 4.49. The Kier molecular flexibility index (Phi) is 7.72. The first kappa shape index (κ1) is 26.4. The highest BCUT2D eigenvalue weighted by Gasteiger charge is 2.38. The predicted octanol–water partition coefficient (Wildman–Crippen LogP) is 3.58. The van der Waals surface area contributed by atoms with Crippen LogP contribution in [0.4, 0.5) is 15.8 Å². The van der Waals surface area contributed by atoms with Crippen molar-refractivity contribution < 1.29 is 27.9 Å². The van der Waals surface area contributed by atoms with Gasteiger partial charge in [0.05, 0.1) is 12.8 Å². The molecule has 0 aliphatic heterocycles. The van der Waals surface area contributed by atoms with Crippen LogP contribution < -0.4 is 26.4 Å². The highest BCUT2D eigenvalue weighted by molar-refractivity contribution is 7.09. The molecule has 4 aromatic rings. The van der Waals surface area contributed by atoms with E-state index in [-0.39, 0.29) is 34.3 Å². The summed E-state index contributed by atoms with van der Waals surface area (Å²) in [5, 5.41) is 2.81. The van der Waals surface area contributed by atoms with E-state index < -0.39 is 29.6 Å². The SMILES string of the molecule is COc1ccc(CNC(=O)[C@H](c2ccc(C)o2)N(C(=O)c2snc(C(N)=O)c2N)c2cccc(F)c2)cc1. The van der Waals surface area contributed by atoms with Crippen LogP contribution in [0.3, 0.4) is 0 Å². The lowest BCUT2D eigenvalue weighted by Gasteiger charge is -2.29. The molecule has 0 aliphatic carbocycles. The van der Waals surface area contributed by atoms with Gasteiger partial charge in [-0.05, 0) is 66.5 Å². The highest BCUT2D eigenvalue weighted by atomic mass is 32.1. The van der Waals surface area contributed by atoms with Crippen molar-refractivity contribution in [2.24, 2.45) is 5.73 Å². The summed E-state index contributed by atoms with van der Waals surface area (Å²) in [6.07, 6.45) is 0. The Hall–Kier alpha value is -4.71. The van der Waals surface area contributed by atoms with Gasteiger partial charge in [0.1, 0.15) is 28.0 Å². The minimum Gasteiger partial charge on any atom is -0.497 e. The zero-order chi connectivity index (χ0) is 27.4. The molecule has 1 atom stereocenters. The van der Waals surface area contributed by atoms with Crippen LogP contribution in [0.2, 0.25) is 0 Å². The summed E-state index contributed by atoms with van der Waals surface area (Å²) in [4.78, 5) is 40.2. The number of ether oxygens (including phenoxy) is 1. The second-order valence-electron chi connectivity index (χ2n) is 8.21. The van der Waals surface area contributed by atoms with Gasteiger partial charge in [-0.25, -0.2) is 4.39 Å². The third-order valence-electron chi connectivity index (χ3n) is 5.62. The number of nitrogens with zero attached hydrogens (tertiary/aromatic N) is 2. The van der Waals surface area contributed by atoms with Gasteiger partial charge in [0.25, 0.3) is 17.7 Å². The second kappa shape index (κ2) is 11.1. The van der Waals surface area contributed by atoms with Crippen LogP contribution in [0, 0.1) is 12.7 Å². The number of carbonyl (C=O) groups is 3. The normalized spacial score (nSPS) is 11.6. The molecule has 0 unspecified atom stereocenters. The third kappa shape index (κ3) is 5.49.